The lowest BCUT2D eigenvalue weighted by Crippen LogP contribution is -2.42. The molecule has 1 unspecified atom stereocenters. The van der Waals surface area contributed by atoms with E-state index in [1.807, 2.05) is 0 Å². The molecule has 0 aromatic carbocycles. The first-order chi connectivity index (χ1) is 5.93. The molecule has 0 aromatic rings. The molecule has 0 rings (SSSR count). The van der Waals surface area contributed by atoms with Crippen molar-refractivity contribution < 1.29 is 0 Å². The maximum Gasteiger partial charge on any atom is 0.0268 e. The zero-order valence-electron chi connectivity index (χ0n) is 9.10. The average molecular weight is 249 g/mol. The van der Waals surface area contributed by atoms with Crippen molar-refractivity contribution in [2.45, 2.75) is 19.9 Å². The van der Waals surface area contributed by atoms with E-state index in [1.165, 1.54) is 0 Å². The molecule has 1 N–H and O–H groups in total. The molecule has 0 fully saturated rings. The minimum atomic E-state index is 0.532. The molecule has 1 atom stereocenters. The van der Waals surface area contributed by atoms with Gasteiger partial charge in [0, 0.05) is 23.6 Å². The first-order valence-electron chi connectivity index (χ1n) is 4.65. The topological polar surface area (TPSA) is 15.3 Å². The maximum absolute atomic E-state index is 3.81. The highest BCUT2D eigenvalue weighted by Gasteiger charge is 2.12. The van der Waals surface area contributed by atoms with Crippen molar-refractivity contribution >= 4 is 15.9 Å². The fourth-order valence-electron chi connectivity index (χ4n) is 1.15. The van der Waals surface area contributed by atoms with Crippen molar-refractivity contribution in [2.75, 3.05) is 27.2 Å². The number of nitrogens with zero attached hydrogens (tertiary/aromatic N) is 1. The van der Waals surface area contributed by atoms with Crippen LogP contribution in [0.4, 0.5) is 0 Å². The third-order valence-electron chi connectivity index (χ3n) is 1.92. The van der Waals surface area contributed by atoms with Gasteiger partial charge in [-0.3, -0.25) is 0 Å². The summed E-state index contributed by atoms with van der Waals surface area (Å²) in [4.78, 5) is 2.20. The number of likely N-dealkylation sites (N-methyl/N-ethyl adjacent to an activating group) is 1. The predicted molar refractivity (Wildman–Crippen MR) is 63.2 cm³/mol. The van der Waals surface area contributed by atoms with Gasteiger partial charge in [-0.25, -0.2) is 0 Å². The molecule has 3 heteroatoms. The first kappa shape index (κ1) is 13.1. The summed E-state index contributed by atoms with van der Waals surface area (Å²) in [6.45, 7) is 10.2. The Kier molecular flexibility index (Phi) is 6.64. The molecule has 0 aliphatic carbocycles. The normalized spacial score (nSPS) is 13.8. The molecule has 0 spiro atoms. The van der Waals surface area contributed by atoms with Gasteiger partial charge < -0.3 is 10.2 Å². The SMILES string of the molecule is C=C(Br)CNC(CN(C)C)C(C)C. The molecule has 0 aliphatic rings. The van der Waals surface area contributed by atoms with Crippen molar-refractivity contribution in [3.05, 3.63) is 11.1 Å². The van der Waals surface area contributed by atoms with Crippen LogP contribution in [-0.2, 0) is 0 Å². The van der Waals surface area contributed by atoms with Crippen molar-refractivity contribution in [3.63, 3.8) is 0 Å². The van der Waals surface area contributed by atoms with Crippen molar-refractivity contribution in [2.24, 2.45) is 5.92 Å². The molecule has 0 saturated heterocycles. The van der Waals surface area contributed by atoms with E-state index in [1.54, 1.807) is 0 Å². The summed E-state index contributed by atoms with van der Waals surface area (Å²) in [7, 11) is 4.19. The Morgan fingerprint density at radius 2 is 2.00 bits per heavy atom. The largest absolute Gasteiger partial charge is 0.308 e. The Morgan fingerprint density at radius 3 is 2.31 bits per heavy atom. The predicted octanol–water partition coefficient (Wildman–Crippen LogP) is 2.07. The fraction of sp³-hybridized carbons (Fsp3) is 0.800. The summed E-state index contributed by atoms with van der Waals surface area (Å²) in [5.74, 6) is 0.647. The molecule has 0 aliphatic heterocycles. The number of hydrogen-bond donors (Lipinski definition) is 1. The van der Waals surface area contributed by atoms with E-state index in [0.717, 1.165) is 17.6 Å². The van der Waals surface area contributed by atoms with Gasteiger partial charge in [0.15, 0.2) is 0 Å². The molecule has 13 heavy (non-hydrogen) atoms. The van der Waals surface area contributed by atoms with E-state index in [4.69, 9.17) is 0 Å². The summed E-state index contributed by atoms with van der Waals surface area (Å²) in [5, 5.41) is 3.46. The van der Waals surface area contributed by atoms with Gasteiger partial charge in [0.05, 0.1) is 0 Å². The van der Waals surface area contributed by atoms with Crippen LogP contribution < -0.4 is 5.32 Å². The van der Waals surface area contributed by atoms with Crippen molar-refractivity contribution in [1.29, 1.82) is 0 Å². The van der Waals surface area contributed by atoms with Gasteiger partial charge in [0.1, 0.15) is 0 Å². The number of halogens is 1. The van der Waals surface area contributed by atoms with Gasteiger partial charge in [-0.05, 0) is 20.0 Å². The molecule has 0 radical (unpaired) electrons. The number of nitrogens with one attached hydrogen (secondary N) is 1. The Hall–Kier alpha value is 0.140. The highest BCUT2D eigenvalue weighted by atomic mass is 79.9. The summed E-state index contributed by atoms with van der Waals surface area (Å²) in [5.41, 5.74) is 0. The Bertz CT molecular complexity index is 155. The monoisotopic (exact) mass is 248 g/mol. The standard InChI is InChI=1S/C10H21BrN2/c1-8(2)10(7-13(4)5)12-6-9(3)11/h8,10,12H,3,6-7H2,1-2,4-5H3. The zero-order chi connectivity index (χ0) is 10.4. The minimum Gasteiger partial charge on any atom is -0.308 e. The highest BCUT2D eigenvalue weighted by molar-refractivity contribution is 9.11. The van der Waals surface area contributed by atoms with E-state index in [-0.39, 0.29) is 0 Å². The molecular formula is C10H21BrN2. The van der Waals surface area contributed by atoms with Gasteiger partial charge in [-0.2, -0.15) is 0 Å². The second-order valence-electron chi connectivity index (χ2n) is 4.01. The third kappa shape index (κ3) is 7.23. The number of hydrogen-bond acceptors (Lipinski definition) is 2. The van der Waals surface area contributed by atoms with E-state index >= 15 is 0 Å². The lowest BCUT2D eigenvalue weighted by molar-refractivity contribution is 0.295. The summed E-state index contributed by atoms with van der Waals surface area (Å²) >= 11 is 3.35. The van der Waals surface area contributed by atoms with Crippen LogP contribution in [0.1, 0.15) is 13.8 Å². The van der Waals surface area contributed by atoms with Crippen LogP contribution in [0.5, 0.6) is 0 Å². The van der Waals surface area contributed by atoms with Gasteiger partial charge in [0.2, 0.25) is 0 Å². The van der Waals surface area contributed by atoms with Gasteiger partial charge in [-0.1, -0.05) is 36.4 Å². The lowest BCUT2D eigenvalue weighted by atomic mass is 10.0. The molecule has 2 nitrogen and oxygen atoms in total. The second kappa shape index (κ2) is 6.57. The van der Waals surface area contributed by atoms with E-state index in [0.29, 0.717) is 12.0 Å². The maximum atomic E-state index is 3.81. The van der Waals surface area contributed by atoms with Gasteiger partial charge in [-0.15, -0.1) is 0 Å². The Balaban J connectivity index is 3.87. The van der Waals surface area contributed by atoms with Crippen LogP contribution in [0.15, 0.2) is 11.1 Å². The van der Waals surface area contributed by atoms with Gasteiger partial charge in [0.25, 0.3) is 0 Å². The van der Waals surface area contributed by atoms with Crippen LogP contribution in [0, 0.1) is 5.92 Å². The summed E-state index contributed by atoms with van der Waals surface area (Å²) in [6.07, 6.45) is 0. The van der Waals surface area contributed by atoms with Crippen LogP contribution in [0.2, 0.25) is 0 Å². The molecule has 0 bridgehead atoms. The van der Waals surface area contributed by atoms with Gasteiger partial charge >= 0.3 is 0 Å². The molecular weight excluding hydrogens is 228 g/mol. The van der Waals surface area contributed by atoms with E-state index in [2.05, 4.69) is 60.7 Å². The van der Waals surface area contributed by atoms with E-state index in [9.17, 15) is 0 Å². The summed E-state index contributed by atoms with van der Waals surface area (Å²) in [6, 6.07) is 0.532. The van der Waals surface area contributed by atoms with Crippen molar-refractivity contribution in [1.82, 2.24) is 10.2 Å². The second-order valence-corrected chi connectivity index (χ2v) is 5.13. The molecule has 78 valence electrons. The highest BCUT2D eigenvalue weighted by Crippen LogP contribution is 2.05. The Morgan fingerprint density at radius 1 is 1.46 bits per heavy atom. The third-order valence-corrected chi connectivity index (χ3v) is 2.20. The summed E-state index contributed by atoms with van der Waals surface area (Å²) < 4.78 is 1.01. The molecule has 0 saturated carbocycles. The van der Waals surface area contributed by atoms with Crippen molar-refractivity contribution in [3.8, 4) is 0 Å². The van der Waals surface area contributed by atoms with Crippen LogP contribution in [0.3, 0.4) is 0 Å². The zero-order valence-corrected chi connectivity index (χ0v) is 10.7. The molecule has 0 amide bonds. The minimum absolute atomic E-state index is 0.532. The Labute approximate surface area is 90.5 Å². The van der Waals surface area contributed by atoms with Crippen LogP contribution in [-0.4, -0.2) is 38.1 Å². The number of rotatable bonds is 6. The van der Waals surface area contributed by atoms with E-state index < -0.39 is 0 Å². The molecule has 0 heterocycles. The smallest absolute Gasteiger partial charge is 0.0268 e. The first-order valence-corrected chi connectivity index (χ1v) is 5.44. The molecule has 0 aromatic heterocycles. The van der Waals surface area contributed by atoms with Crippen LogP contribution >= 0.6 is 15.9 Å². The lowest BCUT2D eigenvalue weighted by Gasteiger charge is -2.25. The van der Waals surface area contributed by atoms with Crippen LogP contribution in [0.25, 0.3) is 0 Å². The average Bonchev–Trinajstić information content (AvgIpc) is 1.96. The quantitative estimate of drug-likeness (QED) is 0.775. The fourth-order valence-corrected chi connectivity index (χ4v) is 1.31.